The fourth-order valence-corrected chi connectivity index (χ4v) is 4.82. The van der Waals surface area contributed by atoms with E-state index >= 15 is 0 Å². The van der Waals surface area contributed by atoms with Gasteiger partial charge in [-0.15, -0.1) is 0 Å². The van der Waals surface area contributed by atoms with Crippen LogP contribution in [0.5, 0.6) is 0 Å². The molecule has 0 spiro atoms. The van der Waals surface area contributed by atoms with Gasteiger partial charge in [-0.25, -0.2) is 11.0 Å². The van der Waals surface area contributed by atoms with Gasteiger partial charge in [0, 0.05) is 0 Å². The summed E-state index contributed by atoms with van der Waals surface area (Å²) in [6.45, 7) is 8.35. The van der Waals surface area contributed by atoms with E-state index in [0.29, 0.717) is 24.7 Å². The second-order valence-electron chi connectivity index (χ2n) is 8.51. The van der Waals surface area contributed by atoms with Gasteiger partial charge in [-0.2, -0.15) is 0 Å². The molecule has 0 aromatic rings. The highest BCUT2D eigenvalue weighted by Gasteiger charge is 2.25. The van der Waals surface area contributed by atoms with Gasteiger partial charge in [0.05, 0.1) is 25.0 Å². The third-order valence-electron chi connectivity index (χ3n) is 5.88. The predicted octanol–water partition coefficient (Wildman–Crippen LogP) is 5.15. The Morgan fingerprint density at radius 3 is 1.44 bits per heavy atom. The number of hydrogen-bond acceptors (Lipinski definition) is 7. The molecule has 2 amide bonds. The van der Waals surface area contributed by atoms with E-state index in [1.165, 1.54) is 0 Å². The van der Waals surface area contributed by atoms with Crippen molar-refractivity contribution in [3.63, 3.8) is 0 Å². The van der Waals surface area contributed by atoms with Crippen LogP contribution < -0.4 is 11.0 Å². The largest absolute Gasteiger partial charge is 0.319 e. The highest BCUT2D eigenvalue weighted by atomic mass is 31.1. The first-order valence-electron chi connectivity index (χ1n) is 12.1. The van der Waals surface area contributed by atoms with Crippen LogP contribution in [-0.4, -0.2) is 34.4 Å². The number of hydroxylamine groups is 2. The molecule has 4 atom stereocenters. The molecule has 10 heteroatoms. The molecule has 4 unspecified atom stereocenters. The van der Waals surface area contributed by atoms with Crippen LogP contribution in [-0.2, 0) is 23.2 Å². The summed E-state index contributed by atoms with van der Waals surface area (Å²) in [6, 6.07) is 0. The zero-order chi connectivity index (χ0) is 24.4. The minimum atomic E-state index is -3.01. The maximum Gasteiger partial charge on any atom is 0.319 e. The Hall–Kier alpha value is -0.990. The Kier molecular flexibility index (Phi) is 18.9. The summed E-state index contributed by atoms with van der Waals surface area (Å²) in [5.41, 5.74) is 3.20. The van der Waals surface area contributed by atoms with Crippen molar-refractivity contribution in [2.24, 2.45) is 11.8 Å². The Morgan fingerprint density at radius 2 is 1.16 bits per heavy atom. The highest BCUT2D eigenvalue weighted by molar-refractivity contribution is 7.33. The van der Waals surface area contributed by atoms with Crippen molar-refractivity contribution in [1.82, 2.24) is 11.0 Å². The smallest absolute Gasteiger partial charge is 0.307 e. The Balaban J connectivity index is 5.17. The maximum absolute atomic E-state index is 12.7. The Morgan fingerprint density at radius 1 is 0.781 bits per heavy atom. The van der Waals surface area contributed by atoms with Crippen molar-refractivity contribution in [1.29, 1.82) is 0 Å². The number of carbonyl (C=O) groups is 2. The van der Waals surface area contributed by atoms with Crippen molar-refractivity contribution in [3.8, 4) is 0 Å². The van der Waals surface area contributed by atoms with Gasteiger partial charge in [0.25, 0.3) is 0 Å². The molecule has 9 nitrogen and oxygen atoms in total. The normalized spacial score (nSPS) is 16.1. The summed E-state index contributed by atoms with van der Waals surface area (Å²) in [5, 5.41) is 17.8. The second-order valence-corrected chi connectivity index (χ2v) is 9.48. The van der Waals surface area contributed by atoms with Gasteiger partial charge in [-0.3, -0.25) is 24.6 Å². The van der Waals surface area contributed by atoms with E-state index in [4.69, 9.17) is 19.5 Å². The number of amides is 2. The lowest BCUT2D eigenvalue weighted by Gasteiger charge is -2.25. The SMILES string of the molecule is CCCCC(CC)CC(CC(=O)NO)O[PH](=O)OC(CC(=O)NO)CC(CC)CCCC. The summed E-state index contributed by atoms with van der Waals surface area (Å²) in [5.74, 6) is -0.625. The molecule has 0 rings (SSSR count). The molecule has 0 saturated heterocycles. The molecule has 0 aromatic heterocycles. The van der Waals surface area contributed by atoms with Crippen LogP contribution in [0, 0.1) is 11.8 Å². The molecule has 4 N–H and O–H groups in total. The lowest BCUT2D eigenvalue weighted by molar-refractivity contribution is -0.131. The van der Waals surface area contributed by atoms with Gasteiger partial charge in [0.1, 0.15) is 0 Å². The molecule has 0 saturated carbocycles. The molecule has 0 aliphatic rings. The number of unbranched alkanes of at least 4 members (excludes halogenated alkanes) is 2. The minimum Gasteiger partial charge on any atom is -0.307 e. The van der Waals surface area contributed by atoms with E-state index in [0.717, 1.165) is 51.4 Å². The van der Waals surface area contributed by atoms with E-state index in [9.17, 15) is 14.2 Å². The van der Waals surface area contributed by atoms with Crippen LogP contribution in [0.15, 0.2) is 0 Å². The van der Waals surface area contributed by atoms with Gasteiger partial charge < -0.3 is 9.05 Å². The van der Waals surface area contributed by atoms with Crippen LogP contribution in [0.2, 0.25) is 0 Å². The van der Waals surface area contributed by atoms with Gasteiger partial charge >= 0.3 is 8.25 Å². The van der Waals surface area contributed by atoms with Crippen LogP contribution >= 0.6 is 8.25 Å². The lowest BCUT2D eigenvalue weighted by atomic mass is 9.92. The summed E-state index contributed by atoms with van der Waals surface area (Å²) in [6.07, 6.45) is 7.45. The molecule has 0 heterocycles. The Labute approximate surface area is 193 Å². The number of nitrogens with one attached hydrogen (secondary N) is 2. The van der Waals surface area contributed by atoms with Crippen molar-refractivity contribution >= 4 is 20.1 Å². The number of carbonyl (C=O) groups excluding carboxylic acids is 2. The third-order valence-corrected chi connectivity index (χ3v) is 6.93. The maximum atomic E-state index is 12.7. The molecule has 0 aliphatic heterocycles. The van der Waals surface area contributed by atoms with Crippen molar-refractivity contribution in [2.45, 2.75) is 117 Å². The van der Waals surface area contributed by atoms with Gasteiger partial charge in [0.15, 0.2) is 0 Å². The topological polar surface area (TPSA) is 134 Å². The van der Waals surface area contributed by atoms with E-state index < -0.39 is 32.3 Å². The molecule has 0 radical (unpaired) electrons. The summed E-state index contributed by atoms with van der Waals surface area (Å²) in [7, 11) is -3.01. The molecule has 0 fully saturated rings. The van der Waals surface area contributed by atoms with Crippen molar-refractivity contribution < 1.29 is 33.6 Å². The van der Waals surface area contributed by atoms with E-state index in [1.54, 1.807) is 11.0 Å². The van der Waals surface area contributed by atoms with Gasteiger partial charge in [0.2, 0.25) is 11.8 Å². The van der Waals surface area contributed by atoms with E-state index in [2.05, 4.69) is 27.7 Å². The zero-order valence-electron chi connectivity index (χ0n) is 20.2. The number of rotatable bonds is 20. The minimum absolute atomic E-state index is 0.130. The molecule has 0 bridgehead atoms. The summed E-state index contributed by atoms with van der Waals surface area (Å²) in [4.78, 5) is 23.5. The average molecular weight is 481 g/mol. The molecule has 32 heavy (non-hydrogen) atoms. The van der Waals surface area contributed by atoms with Crippen molar-refractivity contribution in [3.05, 3.63) is 0 Å². The van der Waals surface area contributed by atoms with Gasteiger partial charge in [-0.1, -0.05) is 79.1 Å². The lowest BCUT2D eigenvalue weighted by Crippen LogP contribution is -2.28. The first-order chi connectivity index (χ1) is 15.3. The standard InChI is InChI=1S/C22H45N2O7P/c1-5-9-11-17(7-3)13-19(15-21(25)23-27)30-32(29)31-20(16-22(26)24-28)14-18(8-4)12-10-6-2/h17-20,27-28,32H,5-16H2,1-4H3,(H,23,25)(H,24,26). The first kappa shape index (κ1) is 31.0. The molecule has 0 aromatic carbocycles. The molecule has 0 aliphatic carbocycles. The number of hydrogen-bond donors (Lipinski definition) is 4. The van der Waals surface area contributed by atoms with Crippen LogP contribution in [0.3, 0.4) is 0 Å². The van der Waals surface area contributed by atoms with Crippen LogP contribution in [0.1, 0.15) is 105 Å². The van der Waals surface area contributed by atoms with Gasteiger partial charge in [-0.05, 0) is 24.7 Å². The average Bonchev–Trinajstić information content (AvgIpc) is 2.78. The molecular formula is C22H45N2O7P. The molecule has 190 valence electrons. The first-order valence-corrected chi connectivity index (χ1v) is 13.3. The van der Waals surface area contributed by atoms with E-state index in [-0.39, 0.29) is 12.8 Å². The fraction of sp³-hybridized carbons (Fsp3) is 0.909. The third kappa shape index (κ3) is 15.0. The summed E-state index contributed by atoms with van der Waals surface area (Å²) >= 11 is 0. The Bertz CT molecular complexity index is 492. The fourth-order valence-electron chi connectivity index (χ4n) is 3.86. The second kappa shape index (κ2) is 19.5. The highest BCUT2D eigenvalue weighted by Crippen LogP contribution is 2.35. The van der Waals surface area contributed by atoms with Crippen molar-refractivity contribution in [2.75, 3.05) is 0 Å². The monoisotopic (exact) mass is 480 g/mol. The summed E-state index contributed by atoms with van der Waals surface area (Å²) < 4.78 is 24.0. The predicted molar refractivity (Wildman–Crippen MR) is 124 cm³/mol. The van der Waals surface area contributed by atoms with Crippen LogP contribution in [0.4, 0.5) is 0 Å². The van der Waals surface area contributed by atoms with E-state index in [1.807, 2.05) is 0 Å². The molecular weight excluding hydrogens is 435 g/mol. The quantitative estimate of drug-likeness (QED) is 0.108. The van der Waals surface area contributed by atoms with Crippen LogP contribution in [0.25, 0.3) is 0 Å². The zero-order valence-corrected chi connectivity index (χ0v) is 21.2.